The van der Waals surface area contributed by atoms with Crippen LogP contribution in [-0.2, 0) is 0 Å². The third-order valence-corrected chi connectivity index (χ3v) is 3.48. The summed E-state index contributed by atoms with van der Waals surface area (Å²) in [7, 11) is 0. The minimum atomic E-state index is -0.419. The van der Waals surface area contributed by atoms with Crippen LogP contribution < -0.4 is 0 Å². The van der Waals surface area contributed by atoms with Gasteiger partial charge in [-0.15, -0.1) is 0 Å². The molecule has 1 heterocycles. The number of β-amino-alcohol motifs (C(OH)–C–C–N with tert-alkyl or cyclic N) is 1. The van der Waals surface area contributed by atoms with Gasteiger partial charge in [-0.1, -0.05) is 6.92 Å². The summed E-state index contributed by atoms with van der Waals surface area (Å²) < 4.78 is 0. The maximum absolute atomic E-state index is 9.72. The van der Waals surface area contributed by atoms with Crippen LogP contribution in [0.15, 0.2) is 0 Å². The average molecular weight is 203 g/mol. The number of hydrogen-bond acceptors (Lipinski definition) is 3. The van der Waals surface area contributed by atoms with Gasteiger partial charge in [0, 0.05) is 13.1 Å². The van der Waals surface area contributed by atoms with Crippen LogP contribution >= 0.6 is 11.8 Å². The zero-order valence-electron chi connectivity index (χ0n) is 8.75. The second kappa shape index (κ2) is 5.23. The molecule has 1 N–H and O–H groups in total. The van der Waals surface area contributed by atoms with Gasteiger partial charge in [-0.25, -0.2) is 0 Å². The lowest BCUT2D eigenvalue weighted by molar-refractivity contribution is 0.0689. The van der Waals surface area contributed by atoms with E-state index in [0.29, 0.717) is 0 Å². The SMILES string of the molecule is CCSCCCN1CCC(C)(O)C1. The van der Waals surface area contributed by atoms with Crippen LogP contribution in [0.2, 0.25) is 0 Å². The molecule has 0 bridgehead atoms. The fraction of sp³-hybridized carbons (Fsp3) is 1.00. The first kappa shape index (κ1) is 11.3. The lowest BCUT2D eigenvalue weighted by Crippen LogP contribution is -2.30. The van der Waals surface area contributed by atoms with E-state index in [0.717, 1.165) is 26.1 Å². The van der Waals surface area contributed by atoms with Crippen molar-refractivity contribution in [2.45, 2.75) is 32.3 Å². The molecule has 1 fully saturated rings. The van der Waals surface area contributed by atoms with Crippen LogP contribution in [0.3, 0.4) is 0 Å². The molecule has 1 rings (SSSR count). The monoisotopic (exact) mass is 203 g/mol. The van der Waals surface area contributed by atoms with Gasteiger partial charge in [-0.05, 0) is 37.8 Å². The second-order valence-electron chi connectivity index (χ2n) is 4.07. The molecule has 0 amide bonds. The zero-order chi connectivity index (χ0) is 9.73. The molecule has 78 valence electrons. The molecule has 1 atom stereocenters. The van der Waals surface area contributed by atoms with Crippen molar-refractivity contribution in [1.29, 1.82) is 0 Å². The first-order chi connectivity index (χ1) is 6.14. The molecule has 0 aromatic rings. The highest BCUT2D eigenvalue weighted by Crippen LogP contribution is 2.20. The number of likely N-dealkylation sites (tertiary alicyclic amines) is 1. The number of rotatable bonds is 5. The Morgan fingerprint density at radius 3 is 2.85 bits per heavy atom. The molecular formula is C10H21NOS. The van der Waals surface area contributed by atoms with Gasteiger partial charge in [0.1, 0.15) is 0 Å². The Hall–Kier alpha value is 0.270. The molecule has 2 nitrogen and oxygen atoms in total. The fourth-order valence-electron chi connectivity index (χ4n) is 1.76. The highest BCUT2D eigenvalue weighted by atomic mass is 32.2. The van der Waals surface area contributed by atoms with E-state index in [2.05, 4.69) is 11.8 Å². The highest BCUT2D eigenvalue weighted by Gasteiger charge is 2.30. The third kappa shape index (κ3) is 4.34. The van der Waals surface area contributed by atoms with Crippen LogP contribution in [0.5, 0.6) is 0 Å². The van der Waals surface area contributed by atoms with Crippen molar-refractivity contribution in [2.75, 3.05) is 31.1 Å². The van der Waals surface area contributed by atoms with Crippen molar-refractivity contribution < 1.29 is 5.11 Å². The summed E-state index contributed by atoms with van der Waals surface area (Å²) in [5.74, 6) is 2.48. The largest absolute Gasteiger partial charge is 0.389 e. The number of nitrogens with zero attached hydrogens (tertiary/aromatic N) is 1. The van der Waals surface area contributed by atoms with Crippen molar-refractivity contribution in [3.8, 4) is 0 Å². The van der Waals surface area contributed by atoms with Gasteiger partial charge in [0.05, 0.1) is 5.60 Å². The fourth-order valence-corrected chi connectivity index (χ4v) is 2.39. The molecule has 0 radical (unpaired) electrons. The van der Waals surface area contributed by atoms with Crippen molar-refractivity contribution in [3.05, 3.63) is 0 Å². The van der Waals surface area contributed by atoms with Crippen LogP contribution in [-0.4, -0.2) is 46.7 Å². The molecule has 0 aliphatic carbocycles. The maximum Gasteiger partial charge on any atom is 0.0758 e. The lowest BCUT2D eigenvalue weighted by atomic mass is 10.1. The standard InChI is InChI=1S/C10H21NOS/c1-3-13-8-4-6-11-7-5-10(2,12)9-11/h12H,3-9H2,1-2H3. The van der Waals surface area contributed by atoms with Gasteiger partial charge in [0.15, 0.2) is 0 Å². The molecule has 1 saturated heterocycles. The van der Waals surface area contributed by atoms with Crippen LogP contribution in [0.4, 0.5) is 0 Å². The van der Waals surface area contributed by atoms with Crippen molar-refractivity contribution >= 4 is 11.8 Å². The Balaban J connectivity index is 2.04. The van der Waals surface area contributed by atoms with Crippen molar-refractivity contribution in [2.24, 2.45) is 0 Å². The number of hydrogen-bond donors (Lipinski definition) is 1. The van der Waals surface area contributed by atoms with Gasteiger partial charge in [-0.2, -0.15) is 11.8 Å². The molecule has 0 aromatic carbocycles. The van der Waals surface area contributed by atoms with Crippen LogP contribution in [0.25, 0.3) is 0 Å². The van der Waals surface area contributed by atoms with E-state index < -0.39 is 5.60 Å². The van der Waals surface area contributed by atoms with E-state index in [4.69, 9.17) is 0 Å². The van der Waals surface area contributed by atoms with E-state index in [1.807, 2.05) is 18.7 Å². The first-order valence-electron chi connectivity index (χ1n) is 5.16. The van der Waals surface area contributed by atoms with E-state index >= 15 is 0 Å². The minimum absolute atomic E-state index is 0.419. The Labute approximate surface area is 85.7 Å². The normalized spacial score (nSPS) is 29.8. The summed E-state index contributed by atoms with van der Waals surface area (Å²) in [5.41, 5.74) is -0.419. The van der Waals surface area contributed by atoms with Gasteiger partial charge in [-0.3, -0.25) is 0 Å². The Kier molecular flexibility index (Phi) is 4.56. The summed E-state index contributed by atoms with van der Waals surface area (Å²) in [6, 6.07) is 0. The maximum atomic E-state index is 9.72. The molecule has 0 spiro atoms. The molecule has 0 aromatic heterocycles. The van der Waals surface area contributed by atoms with E-state index in [9.17, 15) is 5.11 Å². The van der Waals surface area contributed by atoms with Crippen molar-refractivity contribution in [3.63, 3.8) is 0 Å². The molecule has 1 aliphatic heterocycles. The van der Waals surface area contributed by atoms with E-state index in [1.54, 1.807) is 0 Å². The summed E-state index contributed by atoms with van der Waals surface area (Å²) in [6.07, 6.45) is 2.20. The summed E-state index contributed by atoms with van der Waals surface area (Å²) >= 11 is 2.00. The molecule has 1 aliphatic rings. The molecule has 1 unspecified atom stereocenters. The number of aliphatic hydroxyl groups is 1. The highest BCUT2D eigenvalue weighted by molar-refractivity contribution is 7.99. The van der Waals surface area contributed by atoms with Crippen LogP contribution in [0.1, 0.15) is 26.7 Å². The summed E-state index contributed by atoms with van der Waals surface area (Å²) in [5, 5.41) is 9.72. The Morgan fingerprint density at radius 1 is 1.54 bits per heavy atom. The molecule has 13 heavy (non-hydrogen) atoms. The van der Waals surface area contributed by atoms with Gasteiger partial charge in [0.2, 0.25) is 0 Å². The van der Waals surface area contributed by atoms with Gasteiger partial charge >= 0.3 is 0 Å². The summed E-state index contributed by atoms with van der Waals surface area (Å²) in [4.78, 5) is 2.37. The average Bonchev–Trinajstić information content (AvgIpc) is 2.40. The smallest absolute Gasteiger partial charge is 0.0758 e. The first-order valence-corrected chi connectivity index (χ1v) is 6.32. The lowest BCUT2D eigenvalue weighted by Gasteiger charge is -2.18. The third-order valence-electron chi connectivity index (χ3n) is 2.50. The quantitative estimate of drug-likeness (QED) is 0.686. The topological polar surface area (TPSA) is 23.5 Å². The predicted octanol–water partition coefficient (Wildman–Crippen LogP) is 1.59. The van der Waals surface area contributed by atoms with Gasteiger partial charge in [0.25, 0.3) is 0 Å². The molecule has 3 heteroatoms. The minimum Gasteiger partial charge on any atom is -0.389 e. The molecule has 0 saturated carbocycles. The zero-order valence-corrected chi connectivity index (χ0v) is 9.57. The van der Waals surface area contributed by atoms with Crippen LogP contribution in [0, 0.1) is 0 Å². The number of thioether (sulfide) groups is 1. The van der Waals surface area contributed by atoms with Gasteiger partial charge < -0.3 is 10.0 Å². The second-order valence-corrected chi connectivity index (χ2v) is 5.47. The Morgan fingerprint density at radius 2 is 2.31 bits per heavy atom. The van der Waals surface area contributed by atoms with E-state index in [1.165, 1.54) is 17.9 Å². The molecular weight excluding hydrogens is 182 g/mol. The Bertz CT molecular complexity index is 150. The summed E-state index contributed by atoms with van der Waals surface area (Å²) in [6.45, 7) is 7.23. The van der Waals surface area contributed by atoms with Crippen molar-refractivity contribution in [1.82, 2.24) is 4.90 Å². The van der Waals surface area contributed by atoms with E-state index in [-0.39, 0.29) is 0 Å². The predicted molar refractivity (Wildman–Crippen MR) is 59.3 cm³/mol.